The zero-order chi connectivity index (χ0) is 16.3. The van der Waals surface area contributed by atoms with Gasteiger partial charge in [0.25, 0.3) is 0 Å². The van der Waals surface area contributed by atoms with Crippen molar-refractivity contribution in [2.75, 3.05) is 0 Å². The molecule has 0 saturated heterocycles. The molecular formula is C20H26N2. The molecule has 0 amide bonds. The predicted molar refractivity (Wildman–Crippen MR) is 94.6 cm³/mol. The maximum Gasteiger partial charge on any atom is 0.0886 e. The molecule has 0 saturated carbocycles. The second kappa shape index (κ2) is 6.43. The van der Waals surface area contributed by atoms with Crippen LogP contribution in [0, 0.1) is 6.92 Å². The first-order valence-corrected chi connectivity index (χ1v) is 7.90. The van der Waals surface area contributed by atoms with E-state index in [-0.39, 0.29) is 5.41 Å². The number of hydrogen-bond donors (Lipinski definition) is 0. The maximum atomic E-state index is 4.39. The second-order valence-electron chi connectivity index (χ2n) is 7.20. The fraction of sp³-hybridized carbons (Fsp3) is 0.400. The highest BCUT2D eigenvalue weighted by Gasteiger charge is 2.12. The number of azo groups is 1. The van der Waals surface area contributed by atoms with Crippen molar-refractivity contribution in [1.29, 1.82) is 0 Å². The van der Waals surface area contributed by atoms with Crippen LogP contribution < -0.4 is 0 Å². The lowest BCUT2D eigenvalue weighted by Gasteiger charge is -2.18. The average Bonchev–Trinajstić information content (AvgIpc) is 2.45. The minimum atomic E-state index is 0.166. The van der Waals surface area contributed by atoms with Crippen LogP contribution >= 0.6 is 0 Å². The summed E-state index contributed by atoms with van der Waals surface area (Å²) in [6, 6.07) is 14.7. The van der Waals surface area contributed by atoms with Crippen LogP contribution in [0.4, 0.5) is 11.4 Å². The van der Waals surface area contributed by atoms with Gasteiger partial charge in [0.1, 0.15) is 0 Å². The van der Waals surface area contributed by atoms with E-state index >= 15 is 0 Å². The lowest BCUT2D eigenvalue weighted by Crippen LogP contribution is -2.10. The number of nitrogens with zero attached hydrogens (tertiary/aromatic N) is 2. The summed E-state index contributed by atoms with van der Waals surface area (Å²) < 4.78 is 0. The topological polar surface area (TPSA) is 24.7 Å². The van der Waals surface area contributed by atoms with Gasteiger partial charge >= 0.3 is 0 Å². The van der Waals surface area contributed by atoms with Gasteiger partial charge in [0.15, 0.2) is 0 Å². The summed E-state index contributed by atoms with van der Waals surface area (Å²) in [6.07, 6.45) is 0. The van der Waals surface area contributed by atoms with Crippen LogP contribution in [0.2, 0.25) is 0 Å². The fourth-order valence-corrected chi connectivity index (χ4v) is 2.29. The molecule has 0 radical (unpaired) electrons. The van der Waals surface area contributed by atoms with Crippen molar-refractivity contribution in [3.8, 4) is 0 Å². The van der Waals surface area contributed by atoms with E-state index in [0.717, 1.165) is 11.4 Å². The van der Waals surface area contributed by atoms with Crippen LogP contribution in [-0.4, -0.2) is 0 Å². The highest BCUT2D eigenvalue weighted by molar-refractivity contribution is 5.48. The quantitative estimate of drug-likeness (QED) is 0.554. The van der Waals surface area contributed by atoms with Gasteiger partial charge in [-0.1, -0.05) is 58.9 Å². The van der Waals surface area contributed by atoms with Gasteiger partial charge in [0.05, 0.1) is 11.4 Å². The first-order valence-electron chi connectivity index (χ1n) is 7.90. The lowest BCUT2D eigenvalue weighted by atomic mass is 9.87. The highest BCUT2D eigenvalue weighted by Crippen LogP contribution is 2.27. The molecule has 2 aromatic carbocycles. The van der Waals surface area contributed by atoms with Gasteiger partial charge in [-0.25, -0.2) is 0 Å². The minimum Gasteiger partial charge on any atom is -0.151 e. The third kappa shape index (κ3) is 4.03. The van der Waals surface area contributed by atoms with E-state index in [2.05, 4.69) is 82.1 Å². The molecule has 0 unspecified atom stereocenters. The molecule has 0 aliphatic carbocycles. The van der Waals surface area contributed by atoms with Crippen LogP contribution in [0.3, 0.4) is 0 Å². The Morgan fingerprint density at radius 2 is 1.50 bits per heavy atom. The molecule has 0 aliphatic rings. The van der Waals surface area contributed by atoms with E-state index < -0.39 is 0 Å². The molecular weight excluding hydrogens is 268 g/mol. The molecule has 0 heterocycles. The van der Waals surface area contributed by atoms with Gasteiger partial charge in [-0.15, -0.1) is 0 Å². The normalized spacial score (nSPS) is 12.3. The Balaban J connectivity index is 2.18. The molecule has 0 aliphatic heterocycles. The monoisotopic (exact) mass is 294 g/mol. The van der Waals surface area contributed by atoms with Gasteiger partial charge in [-0.3, -0.25) is 0 Å². The lowest BCUT2D eigenvalue weighted by molar-refractivity contribution is 0.590. The Hall–Kier alpha value is -1.96. The molecule has 0 N–H and O–H groups in total. The SMILES string of the molecule is Cc1cc(C(C)C)ccc1N=Nc1ccc(C(C)(C)C)cc1. The summed E-state index contributed by atoms with van der Waals surface area (Å²) in [5, 5.41) is 8.75. The van der Waals surface area contributed by atoms with Gasteiger partial charge in [-0.05, 0) is 53.1 Å². The first kappa shape index (κ1) is 16.4. The van der Waals surface area contributed by atoms with E-state index in [0.29, 0.717) is 5.92 Å². The molecule has 2 rings (SSSR count). The summed E-state index contributed by atoms with van der Waals surface area (Å²) in [5.74, 6) is 0.537. The van der Waals surface area contributed by atoms with E-state index in [1.54, 1.807) is 0 Å². The standard InChI is InChI=1S/C20H26N2/c1-14(2)16-7-12-19(15(3)13-16)22-21-18-10-8-17(9-11-18)20(4,5)6/h7-14H,1-6H3. The number of aryl methyl sites for hydroxylation is 1. The van der Waals surface area contributed by atoms with Crippen LogP contribution in [0.15, 0.2) is 52.7 Å². The average molecular weight is 294 g/mol. The molecule has 0 aromatic heterocycles. The van der Waals surface area contributed by atoms with E-state index in [9.17, 15) is 0 Å². The Kier molecular flexibility index (Phi) is 4.80. The fourth-order valence-electron chi connectivity index (χ4n) is 2.29. The van der Waals surface area contributed by atoms with Gasteiger partial charge in [0.2, 0.25) is 0 Å². The Labute approximate surface area is 134 Å². The van der Waals surface area contributed by atoms with Crippen molar-refractivity contribution in [3.63, 3.8) is 0 Å². The Bertz CT molecular complexity index is 659. The largest absolute Gasteiger partial charge is 0.151 e. The molecule has 22 heavy (non-hydrogen) atoms. The van der Waals surface area contributed by atoms with Gasteiger partial charge in [-0.2, -0.15) is 10.2 Å². The first-order chi connectivity index (χ1) is 10.3. The highest BCUT2D eigenvalue weighted by atomic mass is 15.1. The summed E-state index contributed by atoms with van der Waals surface area (Å²) >= 11 is 0. The van der Waals surface area contributed by atoms with Crippen molar-refractivity contribution in [3.05, 3.63) is 59.2 Å². The predicted octanol–water partition coefficient (Wildman–Crippen LogP) is 6.83. The Morgan fingerprint density at radius 3 is 2.00 bits per heavy atom. The Morgan fingerprint density at radius 1 is 0.864 bits per heavy atom. The molecule has 116 valence electrons. The van der Waals surface area contributed by atoms with Gasteiger partial charge in [0, 0.05) is 0 Å². The molecule has 2 heteroatoms. The summed E-state index contributed by atoms with van der Waals surface area (Å²) in [4.78, 5) is 0. The third-order valence-corrected chi connectivity index (χ3v) is 3.89. The van der Waals surface area contributed by atoms with Crippen molar-refractivity contribution in [2.24, 2.45) is 10.2 Å². The van der Waals surface area contributed by atoms with E-state index in [1.165, 1.54) is 16.7 Å². The van der Waals surface area contributed by atoms with E-state index in [4.69, 9.17) is 0 Å². The van der Waals surface area contributed by atoms with Crippen molar-refractivity contribution < 1.29 is 0 Å². The molecule has 2 nitrogen and oxygen atoms in total. The number of benzene rings is 2. The summed E-state index contributed by atoms with van der Waals surface area (Å²) in [5.41, 5.74) is 5.81. The summed E-state index contributed by atoms with van der Waals surface area (Å²) in [6.45, 7) is 13.1. The van der Waals surface area contributed by atoms with Crippen molar-refractivity contribution in [1.82, 2.24) is 0 Å². The second-order valence-corrected chi connectivity index (χ2v) is 7.20. The maximum absolute atomic E-state index is 4.39. The smallest absolute Gasteiger partial charge is 0.0886 e. The zero-order valence-electron chi connectivity index (χ0n) is 14.5. The minimum absolute atomic E-state index is 0.166. The van der Waals surface area contributed by atoms with E-state index in [1.807, 2.05) is 12.1 Å². The zero-order valence-corrected chi connectivity index (χ0v) is 14.5. The molecule has 0 fully saturated rings. The van der Waals surface area contributed by atoms with Crippen molar-refractivity contribution >= 4 is 11.4 Å². The van der Waals surface area contributed by atoms with Crippen LogP contribution in [0.25, 0.3) is 0 Å². The molecule has 0 atom stereocenters. The van der Waals surface area contributed by atoms with Crippen molar-refractivity contribution in [2.45, 2.75) is 52.9 Å². The number of hydrogen-bond acceptors (Lipinski definition) is 2. The molecule has 0 bridgehead atoms. The third-order valence-electron chi connectivity index (χ3n) is 3.89. The van der Waals surface area contributed by atoms with Crippen LogP contribution in [-0.2, 0) is 5.41 Å². The number of rotatable bonds is 3. The van der Waals surface area contributed by atoms with Crippen LogP contribution in [0.5, 0.6) is 0 Å². The molecule has 2 aromatic rings. The van der Waals surface area contributed by atoms with Gasteiger partial charge < -0.3 is 0 Å². The van der Waals surface area contributed by atoms with Crippen LogP contribution in [0.1, 0.15) is 57.2 Å². The summed E-state index contributed by atoms with van der Waals surface area (Å²) in [7, 11) is 0. The molecule has 0 spiro atoms.